The molecule has 4 aromatic rings. The van der Waals surface area contributed by atoms with Crippen molar-refractivity contribution in [2.24, 2.45) is 0 Å². The van der Waals surface area contributed by atoms with Crippen molar-refractivity contribution in [2.45, 2.75) is 25.9 Å². The van der Waals surface area contributed by atoms with Crippen molar-refractivity contribution < 1.29 is 4.74 Å². The standard InChI is InChI=1S/C26H26BrN3O2/c27-22-7-9-24(10-8-22)32-17-3-5-23-18-20(11-13-29-23)19-28-14-16-30-15-12-21-4-1-2-6-25(21)26(30)31/h1-2,4,6-13,15,18,28H,3,5,14,16-17,19H2. The van der Waals surface area contributed by atoms with Crippen LogP contribution in [-0.2, 0) is 19.5 Å². The first-order valence-corrected chi connectivity index (χ1v) is 11.6. The predicted molar refractivity (Wildman–Crippen MR) is 132 cm³/mol. The van der Waals surface area contributed by atoms with Crippen molar-refractivity contribution in [3.05, 3.63) is 105 Å². The average molecular weight is 492 g/mol. The Labute approximate surface area is 196 Å². The van der Waals surface area contributed by atoms with Gasteiger partial charge in [-0.3, -0.25) is 9.78 Å². The molecule has 0 spiro atoms. The van der Waals surface area contributed by atoms with Gasteiger partial charge in [0.25, 0.3) is 5.56 Å². The van der Waals surface area contributed by atoms with E-state index in [1.165, 1.54) is 5.56 Å². The van der Waals surface area contributed by atoms with E-state index in [1.54, 1.807) is 4.57 Å². The van der Waals surface area contributed by atoms with Gasteiger partial charge in [-0.1, -0.05) is 34.1 Å². The Balaban J connectivity index is 1.21. The normalized spacial score (nSPS) is 11.0. The Hall–Kier alpha value is -2.96. The molecular formula is C26H26BrN3O2. The number of hydrogen-bond acceptors (Lipinski definition) is 4. The van der Waals surface area contributed by atoms with Crippen LogP contribution in [-0.4, -0.2) is 22.7 Å². The Morgan fingerprint density at radius 2 is 1.88 bits per heavy atom. The molecule has 0 saturated heterocycles. The molecule has 32 heavy (non-hydrogen) atoms. The van der Waals surface area contributed by atoms with E-state index in [1.807, 2.05) is 73.1 Å². The number of nitrogens with one attached hydrogen (secondary N) is 1. The summed E-state index contributed by atoms with van der Waals surface area (Å²) >= 11 is 3.43. The Kier molecular flexibility index (Phi) is 7.69. The van der Waals surface area contributed by atoms with Gasteiger partial charge in [-0.05, 0) is 72.3 Å². The maximum Gasteiger partial charge on any atom is 0.258 e. The minimum atomic E-state index is 0.0569. The molecule has 0 bridgehead atoms. The molecule has 0 atom stereocenters. The molecule has 5 nitrogen and oxygen atoms in total. The second-order valence-corrected chi connectivity index (χ2v) is 8.56. The highest BCUT2D eigenvalue weighted by Crippen LogP contribution is 2.16. The van der Waals surface area contributed by atoms with Crippen molar-refractivity contribution in [2.75, 3.05) is 13.2 Å². The number of benzene rings is 2. The van der Waals surface area contributed by atoms with Crippen molar-refractivity contribution in [1.29, 1.82) is 0 Å². The van der Waals surface area contributed by atoms with E-state index in [9.17, 15) is 4.79 Å². The maximum absolute atomic E-state index is 12.6. The fraction of sp³-hybridized carbons (Fsp3) is 0.231. The fourth-order valence-corrected chi connectivity index (χ4v) is 3.85. The minimum absolute atomic E-state index is 0.0569. The highest BCUT2D eigenvalue weighted by atomic mass is 79.9. The minimum Gasteiger partial charge on any atom is -0.494 e. The number of aryl methyl sites for hydroxylation is 1. The van der Waals surface area contributed by atoms with Gasteiger partial charge in [0.1, 0.15) is 5.75 Å². The van der Waals surface area contributed by atoms with Crippen molar-refractivity contribution >= 4 is 26.7 Å². The molecule has 0 saturated carbocycles. The fourth-order valence-electron chi connectivity index (χ4n) is 3.59. The van der Waals surface area contributed by atoms with E-state index >= 15 is 0 Å². The van der Waals surface area contributed by atoms with E-state index in [-0.39, 0.29) is 5.56 Å². The van der Waals surface area contributed by atoms with Crippen LogP contribution in [0.3, 0.4) is 0 Å². The highest BCUT2D eigenvalue weighted by molar-refractivity contribution is 9.10. The van der Waals surface area contributed by atoms with Crippen LogP contribution in [0.1, 0.15) is 17.7 Å². The van der Waals surface area contributed by atoms with Crippen LogP contribution in [0.5, 0.6) is 5.75 Å². The van der Waals surface area contributed by atoms with Gasteiger partial charge in [0.05, 0.1) is 6.61 Å². The van der Waals surface area contributed by atoms with Gasteiger partial charge >= 0.3 is 0 Å². The first-order valence-electron chi connectivity index (χ1n) is 10.8. The summed E-state index contributed by atoms with van der Waals surface area (Å²) in [6.45, 7) is 2.76. The van der Waals surface area contributed by atoms with Crippen LogP contribution < -0.4 is 15.6 Å². The molecule has 1 N–H and O–H groups in total. The lowest BCUT2D eigenvalue weighted by molar-refractivity contribution is 0.310. The van der Waals surface area contributed by atoms with Crippen molar-refractivity contribution in [3.8, 4) is 5.75 Å². The van der Waals surface area contributed by atoms with Gasteiger partial charge in [0.2, 0.25) is 0 Å². The Morgan fingerprint density at radius 1 is 1.03 bits per heavy atom. The average Bonchev–Trinajstić information content (AvgIpc) is 2.82. The highest BCUT2D eigenvalue weighted by Gasteiger charge is 2.03. The molecule has 2 aromatic carbocycles. The molecule has 0 aliphatic carbocycles. The summed E-state index contributed by atoms with van der Waals surface area (Å²) in [7, 11) is 0. The third-order valence-corrected chi connectivity index (χ3v) is 5.81. The van der Waals surface area contributed by atoms with Crippen molar-refractivity contribution in [3.63, 3.8) is 0 Å². The van der Waals surface area contributed by atoms with Gasteiger partial charge in [0.15, 0.2) is 0 Å². The zero-order valence-corrected chi connectivity index (χ0v) is 19.4. The summed E-state index contributed by atoms with van der Waals surface area (Å²) in [5.74, 6) is 0.879. The SMILES string of the molecule is O=c1c2ccccc2ccn1CCNCc1ccnc(CCCOc2ccc(Br)cc2)c1. The summed E-state index contributed by atoms with van der Waals surface area (Å²) in [5.41, 5.74) is 2.31. The van der Waals surface area contributed by atoms with Gasteiger partial charge < -0.3 is 14.6 Å². The lowest BCUT2D eigenvalue weighted by Crippen LogP contribution is -2.26. The van der Waals surface area contributed by atoms with E-state index in [2.05, 4.69) is 32.3 Å². The molecule has 0 unspecified atom stereocenters. The van der Waals surface area contributed by atoms with E-state index in [0.29, 0.717) is 13.2 Å². The molecule has 164 valence electrons. The number of ether oxygens (including phenoxy) is 1. The number of pyridine rings is 2. The van der Waals surface area contributed by atoms with E-state index in [4.69, 9.17) is 4.74 Å². The number of nitrogens with zero attached hydrogens (tertiary/aromatic N) is 2. The third kappa shape index (κ3) is 6.05. The van der Waals surface area contributed by atoms with Crippen LogP contribution >= 0.6 is 15.9 Å². The molecule has 2 aromatic heterocycles. The topological polar surface area (TPSA) is 56.2 Å². The number of hydrogen-bond donors (Lipinski definition) is 1. The van der Waals surface area contributed by atoms with Crippen LogP contribution in [0.4, 0.5) is 0 Å². The summed E-state index contributed by atoms with van der Waals surface area (Å²) in [6.07, 6.45) is 5.50. The largest absolute Gasteiger partial charge is 0.494 e. The van der Waals surface area contributed by atoms with Crippen LogP contribution in [0.15, 0.2) is 88.4 Å². The van der Waals surface area contributed by atoms with Crippen LogP contribution in [0, 0.1) is 0 Å². The number of aromatic nitrogens is 2. The van der Waals surface area contributed by atoms with Crippen LogP contribution in [0.2, 0.25) is 0 Å². The monoisotopic (exact) mass is 491 g/mol. The van der Waals surface area contributed by atoms with E-state index in [0.717, 1.165) is 52.6 Å². The molecule has 4 rings (SSSR count). The summed E-state index contributed by atoms with van der Waals surface area (Å²) < 4.78 is 8.59. The smallest absolute Gasteiger partial charge is 0.258 e. The molecule has 0 aliphatic rings. The first kappa shape index (κ1) is 22.2. The molecule has 0 amide bonds. The summed E-state index contributed by atoms with van der Waals surface area (Å²) in [4.78, 5) is 17.1. The van der Waals surface area contributed by atoms with Crippen molar-refractivity contribution in [1.82, 2.24) is 14.9 Å². The summed E-state index contributed by atoms with van der Waals surface area (Å²) in [5, 5.41) is 5.17. The second-order valence-electron chi connectivity index (χ2n) is 7.64. The van der Waals surface area contributed by atoms with Crippen LogP contribution in [0.25, 0.3) is 10.8 Å². The lowest BCUT2D eigenvalue weighted by atomic mass is 10.1. The zero-order chi connectivity index (χ0) is 22.2. The molecule has 0 aliphatic heterocycles. The first-order chi connectivity index (χ1) is 15.7. The number of halogens is 1. The van der Waals surface area contributed by atoms with Gasteiger partial charge in [-0.2, -0.15) is 0 Å². The molecule has 0 fully saturated rings. The molecule has 0 radical (unpaired) electrons. The Morgan fingerprint density at radius 3 is 2.75 bits per heavy atom. The van der Waals surface area contributed by atoms with Gasteiger partial charge in [0, 0.05) is 47.6 Å². The zero-order valence-electron chi connectivity index (χ0n) is 17.8. The summed E-state index contributed by atoms with van der Waals surface area (Å²) in [6, 6.07) is 21.7. The van der Waals surface area contributed by atoms with E-state index < -0.39 is 0 Å². The van der Waals surface area contributed by atoms with Gasteiger partial charge in [-0.25, -0.2) is 0 Å². The van der Waals surface area contributed by atoms with Gasteiger partial charge in [-0.15, -0.1) is 0 Å². The predicted octanol–water partition coefficient (Wildman–Crippen LogP) is 4.96. The number of fused-ring (bicyclic) bond motifs is 1. The Bertz CT molecular complexity index is 1220. The molecule has 2 heterocycles. The quantitative estimate of drug-likeness (QED) is 0.318. The maximum atomic E-state index is 12.6. The molecule has 6 heteroatoms. The number of rotatable bonds is 10. The second kappa shape index (κ2) is 11.1. The lowest BCUT2D eigenvalue weighted by Gasteiger charge is -2.10. The third-order valence-electron chi connectivity index (χ3n) is 5.29. The molecular weight excluding hydrogens is 466 g/mol.